The van der Waals surface area contributed by atoms with Crippen LogP contribution in [-0.2, 0) is 14.3 Å². The van der Waals surface area contributed by atoms with Crippen molar-refractivity contribution in [2.24, 2.45) is 5.41 Å². The summed E-state index contributed by atoms with van der Waals surface area (Å²) in [6, 6.07) is 0. The topological polar surface area (TPSA) is 58.6 Å². The fraction of sp³-hybridized carbons (Fsp3) is 0.857. The van der Waals surface area contributed by atoms with Crippen LogP contribution in [0, 0.1) is 5.41 Å². The number of nitrogens with zero attached hydrogens (tertiary/aromatic N) is 1. The number of carbonyl (C=O) groups is 2. The van der Waals surface area contributed by atoms with Crippen LogP contribution in [0.4, 0.5) is 0 Å². The van der Waals surface area contributed by atoms with E-state index in [4.69, 9.17) is 4.74 Å². The number of amides is 2. The Bertz CT molecular complexity index is 342. The molecule has 1 rings (SSSR count). The first-order valence-electron chi connectivity index (χ1n) is 6.73. The quantitative estimate of drug-likeness (QED) is 0.791. The Morgan fingerprint density at radius 2 is 1.84 bits per heavy atom. The van der Waals surface area contributed by atoms with Crippen molar-refractivity contribution >= 4 is 12.3 Å². The van der Waals surface area contributed by atoms with E-state index in [0.717, 1.165) is 0 Å². The first-order valence-corrected chi connectivity index (χ1v) is 6.73. The Balaban J connectivity index is 2.79. The van der Waals surface area contributed by atoms with Crippen LogP contribution in [0.5, 0.6) is 0 Å². The summed E-state index contributed by atoms with van der Waals surface area (Å²) in [5, 5.41) is 2.71. The van der Waals surface area contributed by atoms with Crippen molar-refractivity contribution < 1.29 is 14.3 Å². The normalized spacial score (nSPS) is 24.4. The van der Waals surface area contributed by atoms with Crippen molar-refractivity contribution in [2.75, 3.05) is 6.54 Å². The molecule has 0 radical (unpaired) electrons. The molecule has 1 N–H and O–H groups in total. The van der Waals surface area contributed by atoms with Gasteiger partial charge in [-0.1, -0.05) is 20.8 Å². The van der Waals surface area contributed by atoms with Gasteiger partial charge in [0.2, 0.25) is 12.3 Å². The Kier molecular flexibility index (Phi) is 4.61. The van der Waals surface area contributed by atoms with Crippen LogP contribution in [0.3, 0.4) is 0 Å². The molecule has 2 amide bonds. The van der Waals surface area contributed by atoms with Crippen molar-refractivity contribution in [3.8, 4) is 0 Å². The van der Waals surface area contributed by atoms with Gasteiger partial charge in [-0.05, 0) is 20.8 Å². The second kappa shape index (κ2) is 5.49. The van der Waals surface area contributed by atoms with Crippen molar-refractivity contribution in [2.45, 2.75) is 65.8 Å². The molecule has 0 aromatic heterocycles. The van der Waals surface area contributed by atoms with Gasteiger partial charge in [-0.3, -0.25) is 9.59 Å². The zero-order valence-corrected chi connectivity index (χ0v) is 12.8. The fourth-order valence-corrected chi connectivity index (χ4v) is 2.27. The summed E-state index contributed by atoms with van der Waals surface area (Å²) in [6.45, 7) is 12.1. The van der Waals surface area contributed by atoms with Crippen molar-refractivity contribution in [1.29, 1.82) is 0 Å². The molecule has 0 spiro atoms. The molecule has 1 aliphatic heterocycles. The molecule has 1 heterocycles. The van der Waals surface area contributed by atoms with Crippen LogP contribution in [0.1, 0.15) is 48.0 Å². The first-order chi connectivity index (χ1) is 8.54. The number of carbonyl (C=O) groups excluding carboxylic acids is 2. The predicted octanol–water partition coefficient (Wildman–Crippen LogP) is 1.52. The molecule has 5 heteroatoms. The van der Waals surface area contributed by atoms with Crippen LogP contribution in [0.25, 0.3) is 0 Å². The number of likely N-dealkylation sites (tertiary alicyclic amines) is 1. The molecule has 0 aliphatic carbocycles. The van der Waals surface area contributed by atoms with Gasteiger partial charge in [0, 0.05) is 18.4 Å². The lowest BCUT2D eigenvalue weighted by Crippen LogP contribution is -2.48. The predicted molar refractivity (Wildman–Crippen MR) is 73.4 cm³/mol. The third-order valence-corrected chi connectivity index (χ3v) is 2.95. The summed E-state index contributed by atoms with van der Waals surface area (Å²) in [4.78, 5) is 24.8. The van der Waals surface area contributed by atoms with Gasteiger partial charge in [0.15, 0.2) is 0 Å². The van der Waals surface area contributed by atoms with Gasteiger partial charge in [-0.15, -0.1) is 0 Å². The fourth-order valence-electron chi connectivity index (χ4n) is 2.27. The molecule has 1 fully saturated rings. The lowest BCUT2D eigenvalue weighted by molar-refractivity contribution is -0.142. The summed E-state index contributed by atoms with van der Waals surface area (Å²) in [5.74, 6) is 0.0341. The molecule has 5 nitrogen and oxygen atoms in total. The summed E-state index contributed by atoms with van der Waals surface area (Å²) in [7, 11) is 0. The first kappa shape index (κ1) is 16.0. The van der Waals surface area contributed by atoms with E-state index < -0.39 is 5.41 Å². The van der Waals surface area contributed by atoms with E-state index in [1.165, 1.54) is 0 Å². The third kappa shape index (κ3) is 4.49. The summed E-state index contributed by atoms with van der Waals surface area (Å²) < 4.78 is 5.92. The second-order valence-electron chi connectivity index (χ2n) is 7.10. The number of rotatable bonds is 3. The van der Waals surface area contributed by atoms with Crippen LogP contribution in [-0.4, -0.2) is 41.6 Å². The number of ether oxygens (including phenoxy) is 1. The minimum absolute atomic E-state index is 0.0341. The maximum Gasteiger partial charge on any atom is 0.229 e. The van der Waals surface area contributed by atoms with E-state index in [-0.39, 0.29) is 23.8 Å². The third-order valence-electron chi connectivity index (χ3n) is 2.95. The molecule has 0 bridgehead atoms. The van der Waals surface area contributed by atoms with Gasteiger partial charge in [0.05, 0.1) is 11.7 Å². The van der Waals surface area contributed by atoms with Gasteiger partial charge in [0.25, 0.3) is 0 Å². The van der Waals surface area contributed by atoms with Gasteiger partial charge >= 0.3 is 0 Å². The average molecular weight is 270 g/mol. The van der Waals surface area contributed by atoms with Gasteiger partial charge in [0.1, 0.15) is 6.17 Å². The number of nitrogens with one attached hydrogen (secondary N) is 1. The molecule has 0 aromatic carbocycles. The highest BCUT2D eigenvalue weighted by Crippen LogP contribution is 2.27. The second-order valence-corrected chi connectivity index (χ2v) is 7.10. The standard InChI is InChI=1S/C14H26N2O3/c1-13(2,3)12(18)16-8-10(19-14(4,5)6)7-11(16)15-9-17/h9-11H,7-8H2,1-6H3,(H,15,17). The summed E-state index contributed by atoms with van der Waals surface area (Å²) in [5.41, 5.74) is -0.712. The Morgan fingerprint density at radius 3 is 2.26 bits per heavy atom. The van der Waals surface area contributed by atoms with Crippen LogP contribution < -0.4 is 5.32 Å². The van der Waals surface area contributed by atoms with Crippen LogP contribution in [0.15, 0.2) is 0 Å². The summed E-state index contributed by atoms with van der Waals surface area (Å²) >= 11 is 0. The molecule has 1 saturated heterocycles. The highest BCUT2D eigenvalue weighted by atomic mass is 16.5. The van der Waals surface area contributed by atoms with Crippen molar-refractivity contribution in [1.82, 2.24) is 10.2 Å². The van der Waals surface area contributed by atoms with Gasteiger partial charge in [-0.25, -0.2) is 0 Å². The number of hydrogen-bond donors (Lipinski definition) is 1. The van der Waals surface area contributed by atoms with Gasteiger partial charge < -0.3 is 15.0 Å². The molecule has 0 aromatic rings. The lowest BCUT2D eigenvalue weighted by Gasteiger charge is -2.30. The minimum Gasteiger partial charge on any atom is -0.371 e. The Hall–Kier alpha value is -1.10. The van der Waals surface area contributed by atoms with Crippen molar-refractivity contribution in [3.63, 3.8) is 0 Å². The molecule has 1 aliphatic rings. The van der Waals surface area contributed by atoms with E-state index in [1.807, 2.05) is 41.5 Å². The van der Waals surface area contributed by atoms with Gasteiger partial charge in [-0.2, -0.15) is 0 Å². The highest BCUT2D eigenvalue weighted by molar-refractivity contribution is 5.82. The van der Waals surface area contributed by atoms with E-state index >= 15 is 0 Å². The maximum absolute atomic E-state index is 12.4. The smallest absolute Gasteiger partial charge is 0.229 e. The largest absolute Gasteiger partial charge is 0.371 e. The molecule has 110 valence electrons. The summed E-state index contributed by atoms with van der Waals surface area (Å²) in [6.07, 6.45) is 0.977. The molecular formula is C14H26N2O3. The molecule has 19 heavy (non-hydrogen) atoms. The van der Waals surface area contributed by atoms with Crippen LogP contribution >= 0.6 is 0 Å². The minimum atomic E-state index is -0.459. The Labute approximate surface area is 115 Å². The lowest BCUT2D eigenvalue weighted by atomic mass is 9.95. The average Bonchev–Trinajstić information content (AvgIpc) is 2.56. The maximum atomic E-state index is 12.4. The monoisotopic (exact) mass is 270 g/mol. The highest BCUT2D eigenvalue weighted by Gasteiger charge is 2.40. The van der Waals surface area contributed by atoms with E-state index in [1.54, 1.807) is 4.90 Å². The molecule has 0 saturated carbocycles. The van der Waals surface area contributed by atoms with E-state index in [0.29, 0.717) is 19.4 Å². The molecule has 2 atom stereocenters. The van der Waals surface area contributed by atoms with E-state index in [9.17, 15) is 9.59 Å². The van der Waals surface area contributed by atoms with E-state index in [2.05, 4.69) is 5.32 Å². The Morgan fingerprint density at radius 1 is 1.26 bits per heavy atom. The molecule has 2 unspecified atom stereocenters. The zero-order chi connectivity index (χ0) is 14.8. The molecular weight excluding hydrogens is 244 g/mol. The SMILES string of the molecule is CC(C)(C)OC1CC(NC=O)N(C(=O)C(C)(C)C)C1. The zero-order valence-electron chi connectivity index (χ0n) is 12.8. The van der Waals surface area contributed by atoms with Crippen LogP contribution in [0.2, 0.25) is 0 Å². The van der Waals surface area contributed by atoms with Crippen molar-refractivity contribution in [3.05, 3.63) is 0 Å². The number of hydrogen-bond acceptors (Lipinski definition) is 3.